The molecule has 0 radical (unpaired) electrons. The molecule has 1 atom stereocenters. The Morgan fingerprint density at radius 2 is 1.85 bits per heavy atom. The average Bonchev–Trinajstić information content (AvgIpc) is 2.39. The molecule has 20 heavy (non-hydrogen) atoms. The van der Waals surface area contributed by atoms with Gasteiger partial charge in [0.25, 0.3) is 5.91 Å². The van der Waals surface area contributed by atoms with Crippen molar-refractivity contribution in [3.8, 4) is 5.75 Å². The van der Waals surface area contributed by atoms with Gasteiger partial charge in [0.1, 0.15) is 6.04 Å². The number of aliphatic hydroxyl groups is 1. The second-order valence-corrected chi connectivity index (χ2v) is 3.76. The number of aliphatic hydroxyl groups excluding tert-OH is 1. The predicted molar refractivity (Wildman–Crippen MR) is 58.6 cm³/mol. The van der Waals surface area contributed by atoms with Crippen LogP contribution in [-0.2, 0) is 4.79 Å². The van der Waals surface area contributed by atoms with Crippen LogP contribution in [0.2, 0.25) is 0 Å². The van der Waals surface area contributed by atoms with Gasteiger partial charge in [0.05, 0.1) is 5.56 Å². The number of carboxylic acids is 1. The number of hydrogen-bond acceptors (Lipinski definition) is 4. The zero-order chi connectivity index (χ0) is 15.4. The lowest BCUT2D eigenvalue weighted by Gasteiger charge is -2.14. The SMILES string of the molecule is O=C(NC(CCO)C(=O)O)c1cc(F)c(F)c(O)c1F. The van der Waals surface area contributed by atoms with Crippen LogP contribution in [-0.4, -0.2) is 39.8 Å². The number of carboxylic acid groups (broad SMARTS) is 1. The van der Waals surface area contributed by atoms with E-state index < -0.39 is 53.3 Å². The lowest BCUT2D eigenvalue weighted by molar-refractivity contribution is -0.139. The van der Waals surface area contributed by atoms with E-state index in [1.54, 1.807) is 0 Å². The molecule has 0 saturated carbocycles. The Bertz CT molecular complexity index is 549. The number of nitrogens with one attached hydrogen (secondary N) is 1. The van der Waals surface area contributed by atoms with Gasteiger partial charge in [0.15, 0.2) is 17.4 Å². The minimum atomic E-state index is -1.86. The Labute approximate surface area is 110 Å². The molecule has 0 aliphatic rings. The molecule has 0 aromatic heterocycles. The highest BCUT2D eigenvalue weighted by atomic mass is 19.2. The minimum absolute atomic E-state index is 0.192. The van der Waals surface area contributed by atoms with E-state index in [0.717, 1.165) is 0 Å². The summed E-state index contributed by atoms with van der Waals surface area (Å²) in [5, 5.41) is 28.1. The molecule has 9 heteroatoms. The number of aromatic hydroxyl groups is 1. The van der Waals surface area contributed by atoms with E-state index in [2.05, 4.69) is 0 Å². The van der Waals surface area contributed by atoms with E-state index in [0.29, 0.717) is 0 Å². The van der Waals surface area contributed by atoms with Crippen molar-refractivity contribution in [1.82, 2.24) is 5.32 Å². The van der Waals surface area contributed by atoms with Crippen molar-refractivity contribution >= 4 is 11.9 Å². The van der Waals surface area contributed by atoms with E-state index in [1.807, 2.05) is 5.32 Å². The van der Waals surface area contributed by atoms with Crippen molar-refractivity contribution in [1.29, 1.82) is 0 Å². The number of carbonyl (C=O) groups is 2. The number of phenols is 1. The summed E-state index contributed by atoms with van der Waals surface area (Å²) in [7, 11) is 0. The second kappa shape index (κ2) is 6.24. The van der Waals surface area contributed by atoms with Gasteiger partial charge in [0, 0.05) is 13.0 Å². The largest absolute Gasteiger partial charge is 0.503 e. The zero-order valence-electron chi connectivity index (χ0n) is 9.86. The Morgan fingerprint density at radius 1 is 1.25 bits per heavy atom. The first kappa shape index (κ1) is 15.8. The number of carbonyl (C=O) groups excluding carboxylic acids is 1. The smallest absolute Gasteiger partial charge is 0.326 e. The Balaban J connectivity index is 3.07. The van der Waals surface area contributed by atoms with Crippen LogP contribution >= 0.6 is 0 Å². The lowest BCUT2D eigenvalue weighted by Crippen LogP contribution is -2.41. The first-order valence-electron chi connectivity index (χ1n) is 5.30. The van der Waals surface area contributed by atoms with Crippen LogP contribution in [0.15, 0.2) is 6.07 Å². The number of hydrogen-bond donors (Lipinski definition) is 4. The molecule has 0 aliphatic heterocycles. The standard InChI is InChI=1S/C11H10F3NO5/c12-5-3-4(7(13)9(17)8(5)14)10(18)15-6(1-2-16)11(19)20/h3,6,16-17H,1-2H2,(H,15,18)(H,19,20). The number of halogens is 3. The van der Waals surface area contributed by atoms with Crippen LogP contribution in [0.3, 0.4) is 0 Å². The molecule has 1 unspecified atom stereocenters. The molecule has 0 saturated heterocycles. The van der Waals surface area contributed by atoms with E-state index >= 15 is 0 Å². The summed E-state index contributed by atoms with van der Waals surface area (Å²) in [5.41, 5.74) is -1.05. The molecule has 6 nitrogen and oxygen atoms in total. The molecule has 0 aliphatic carbocycles. The summed E-state index contributed by atoms with van der Waals surface area (Å²) in [6.45, 7) is -0.567. The third kappa shape index (κ3) is 3.18. The number of phenolic OH excluding ortho intramolecular Hbond substituents is 1. The van der Waals surface area contributed by atoms with Gasteiger partial charge in [-0.3, -0.25) is 4.79 Å². The predicted octanol–water partition coefficient (Wildman–Crippen LogP) is 0.375. The normalized spacial score (nSPS) is 12.0. The molecule has 4 N–H and O–H groups in total. The molecular formula is C11H10F3NO5. The van der Waals surface area contributed by atoms with Gasteiger partial charge in [-0.2, -0.15) is 4.39 Å². The van der Waals surface area contributed by atoms with Crippen LogP contribution in [0, 0.1) is 17.5 Å². The molecule has 0 fully saturated rings. The topological polar surface area (TPSA) is 107 Å². The maximum Gasteiger partial charge on any atom is 0.326 e. The maximum atomic E-state index is 13.4. The van der Waals surface area contributed by atoms with Crippen molar-refractivity contribution in [2.24, 2.45) is 0 Å². The number of benzene rings is 1. The third-order valence-corrected chi connectivity index (χ3v) is 2.40. The van der Waals surface area contributed by atoms with Crippen molar-refractivity contribution in [3.63, 3.8) is 0 Å². The van der Waals surface area contributed by atoms with E-state index in [1.165, 1.54) is 0 Å². The Kier molecular flexibility index (Phi) is 4.92. The first-order chi connectivity index (χ1) is 9.29. The van der Waals surface area contributed by atoms with E-state index in [9.17, 15) is 22.8 Å². The highest BCUT2D eigenvalue weighted by Gasteiger charge is 2.26. The highest BCUT2D eigenvalue weighted by Crippen LogP contribution is 2.25. The molecule has 110 valence electrons. The van der Waals surface area contributed by atoms with E-state index in [-0.39, 0.29) is 12.5 Å². The van der Waals surface area contributed by atoms with Crippen molar-refractivity contribution < 1.29 is 38.1 Å². The number of amides is 1. The van der Waals surface area contributed by atoms with Crippen LogP contribution in [0.4, 0.5) is 13.2 Å². The van der Waals surface area contributed by atoms with Gasteiger partial charge in [-0.25, -0.2) is 13.6 Å². The molecule has 1 rings (SSSR count). The molecule has 1 aromatic rings. The van der Waals surface area contributed by atoms with Crippen molar-refractivity contribution in [2.75, 3.05) is 6.61 Å². The summed E-state index contributed by atoms with van der Waals surface area (Å²) in [5.74, 6) is -9.77. The molecule has 1 amide bonds. The molecular weight excluding hydrogens is 283 g/mol. The maximum absolute atomic E-state index is 13.4. The lowest BCUT2D eigenvalue weighted by atomic mass is 10.1. The van der Waals surface area contributed by atoms with E-state index in [4.69, 9.17) is 15.3 Å². The van der Waals surface area contributed by atoms with Gasteiger partial charge in [0.2, 0.25) is 5.82 Å². The zero-order valence-corrected chi connectivity index (χ0v) is 9.86. The molecule has 1 aromatic carbocycles. The van der Waals surface area contributed by atoms with Gasteiger partial charge in [-0.15, -0.1) is 0 Å². The summed E-state index contributed by atoms with van der Waals surface area (Å²) in [6.07, 6.45) is -0.363. The number of aliphatic carboxylic acids is 1. The van der Waals surface area contributed by atoms with Gasteiger partial charge in [-0.1, -0.05) is 0 Å². The second-order valence-electron chi connectivity index (χ2n) is 3.76. The minimum Gasteiger partial charge on any atom is -0.503 e. The summed E-state index contributed by atoms with van der Waals surface area (Å²) in [4.78, 5) is 22.3. The fourth-order valence-corrected chi connectivity index (χ4v) is 1.38. The van der Waals surface area contributed by atoms with Crippen LogP contribution in [0.1, 0.15) is 16.8 Å². The highest BCUT2D eigenvalue weighted by molar-refractivity contribution is 5.97. The van der Waals surface area contributed by atoms with Crippen molar-refractivity contribution in [3.05, 3.63) is 29.1 Å². The molecule has 0 spiro atoms. The Morgan fingerprint density at radius 3 is 2.35 bits per heavy atom. The molecule has 0 heterocycles. The molecule has 0 bridgehead atoms. The number of rotatable bonds is 5. The summed E-state index contributed by atoms with van der Waals surface area (Å²) < 4.78 is 39.2. The fraction of sp³-hybridized carbons (Fsp3) is 0.273. The Hall–Kier alpha value is -2.29. The quantitative estimate of drug-likeness (QED) is 0.587. The third-order valence-electron chi connectivity index (χ3n) is 2.40. The van der Waals surface area contributed by atoms with Crippen molar-refractivity contribution in [2.45, 2.75) is 12.5 Å². The summed E-state index contributed by atoms with van der Waals surface area (Å²) >= 11 is 0. The van der Waals surface area contributed by atoms with Gasteiger partial charge >= 0.3 is 5.97 Å². The van der Waals surface area contributed by atoms with Gasteiger partial charge in [-0.05, 0) is 6.07 Å². The monoisotopic (exact) mass is 293 g/mol. The van der Waals surface area contributed by atoms with Crippen LogP contribution in [0.25, 0.3) is 0 Å². The van der Waals surface area contributed by atoms with Gasteiger partial charge < -0.3 is 20.6 Å². The average molecular weight is 293 g/mol. The summed E-state index contributed by atoms with van der Waals surface area (Å²) in [6, 6.07) is -1.35. The van der Waals surface area contributed by atoms with Crippen LogP contribution in [0.5, 0.6) is 5.75 Å². The van der Waals surface area contributed by atoms with Crippen LogP contribution < -0.4 is 5.32 Å². The fourth-order valence-electron chi connectivity index (χ4n) is 1.38. The first-order valence-corrected chi connectivity index (χ1v) is 5.30.